The number of aromatic amines is 1. The van der Waals surface area contributed by atoms with Crippen LogP contribution in [0.2, 0.25) is 0 Å². The third-order valence-electron chi connectivity index (χ3n) is 7.44. The number of nitrogens with zero attached hydrogens (tertiary/aromatic N) is 2. The highest BCUT2D eigenvalue weighted by Crippen LogP contribution is 2.11. The molecule has 10 heteroatoms. The number of nitrogens with one attached hydrogen (secondary N) is 2. The molecule has 10 nitrogen and oxygen atoms in total. The SMILES string of the molecule is CCCCCCCCCCCCC#CC#CCCCCCCCCC(=O)NCCN(CC(=O)O)C(=O)Cn1ccc(=O)[nH]c1=O. The summed E-state index contributed by atoms with van der Waals surface area (Å²) in [7, 11) is 0. The van der Waals surface area contributed by atoms with Gasteiger partial charge in [-0.1, -0.05) is 102 Å². The fourth-order valence-corrected chi connectivity index (χ4v) is 4.81. The van der Waals surface area contributed by atoms with Crippen LogP contribution in [0.15, 0.2) is 21.9 Å². The molecule has 0 saturated heterocycles. The maximum atomic E-state index is 12.5. The summed E-state index contributed by atoms with van der Waals surface area (Å²) < 4.78 is 0.986. The molecular weight excluding hydrogens is 572 g/mol. The van der Waals surface area contributed by atoms with E-state index >= 15 is 0 Å². The van der Waals surface area contributed by atoms with Gasteiger partial charge in [-0.25, -0.2) is 4.79 Å². The number of H-pyrrole nitrogens is 1. The topological polar surface area (TPSA) is 142 Å². The van der Waals surface area contributed by atoms with Crippen LogP contribution in [0, 0.1) is 23.7 Å². The predicted octanol–water partition coefficient (Wildman–Crippen LogP) is 5.00. The first-order chi connectivity index (χ1) is 21.8. The zero-order chi connectivity index (χ0) is 33.0. The number of rotatable bonds is 25. The number of hydrogen-bond acceptors (Lipinski definition) is 5. The molecule has 0 aliphatic carbocycles. The number of hydrogen-bond donors (Lipinski definition) is 3. The summed E-state index contributed by atoms with van der Waals surface area (Å²) >= 11 is 0. The maximum Gasteiger partial charge on any atom is 0.328 e. The average molecular weight is 627 g/mol. The van der Waals surface area contributed by atoms with Crippen LogP contribution in [0.4, 0.5) is 0 Å². The highest BCUT2D eigenvalue weighted by atomic mass is 16.4. The van der Waals surface area contributed by atoms with Crippen molar-refractivity contribution in [3.05, 3.63) is 33.1 Å². The van der Waals surface area contributed by atoms with Crippen LogP contribution in [0.1, 0.15) is 129 Å². The van der Waals surface area contributed by atoms with Crippen molar-refractivity contribution in [2.45, 2.75) is 135 Å². The van der Waals surface area contributed by atoms with Gasteiger partial charge in [-0.2, -0.15) is 0 Å². The summed E-state index contributed by atoms with van der Waals surface area (Å²) in [4.78, 5) is 61.9. The monoisotopic (exact) mass is 626 g/mol. The van der Waals surface area contributed by atoms with E-state index in [4.69, 9.17) is 5.11 Å². The Hall–Kier alpha value is -3.79. The molecule has 0 saturated carbocycles. The smallest absolute Gasteiger partial charge is 0.328 e. The van der Waals surface area contributed by atoms with E-state index in [0.29, 0.717) is 6.42 Å². The fraction of sp³-hybridized carbons (Fsp3) is 0.686. The highest BCUT2D eigenvalue weighted by Gasteiger charge is 2.18. The quantitative estimate of drug-likeness (QED) is 0.103. The second-order valence-corrected chi connectivity index (χ2v) is 11.5. The standard InChI is InChI=1S/C35H54N4O6/c1-2-3-4-5-6-7-8-9-10-11-12-13-14-15-16-17-18-19-20-21-22-23-24-31(40)36-26-28-38(30-34(43)44)33(42)29-39-27-25-32(41)37-35(39)45/h25,27H,2-12,17-24,26,28-30H2,1H3,(H,36,40)(H,43,44)(H,37,41,45). The second kappa shape index (κ2) is 26.6. The van der Waals surface area contributed by atoms with Crippen molar-refractivity contribution in [3.63, 3.8) is 0 Å². The van der Waals surface area contributed by atoms with Gasteiger partial charge in [0.15, 0.2) is 0 Å². The lowest BCUT2D eigenvalue weighted by atomic mass is 10.1. The first kappa shape index (κ1) is 39.2. The van der Waals surface area contributed by atoms with Gasteiger partial charge in [0.2, 0.25) is 11.8 Å². The first-order valence-corrected chi connectivity index (χ1v) is 16.8. The van der Waals surface area contributed by atoms with Crippen molar-refractivity contribution >= 4 is 17.8 Å². The molecule has 1 aromatic rings. The molecule has 1 rings (SSSR count). The van der Waals surface area contributed by atoms with E-state index in [1.165, 1.54) is 70.4 Å². The van der Waals surface area contributed by atoms with Crippen LogP contribution >= 0.6 is 0 Å². The van der Waals surface area contributed by atoms with E-state index in [1.807, 2.05) is 4.98 Å². The molecule has 1 aromatic heterocycles. The number of carboxylic acid groups (broad SMARTS) is 1. The minimum Gasteiger partial charge on any atom is -0.480 e. The lowest BCUT2D eigenvalue weighted by Gasteiger charge is -2.21. The zero-order valence-electron chi connectivity index (χ0n) is 27.3. The Bertz CT molecular complexity index is 1230. The maximum absolute atomic E-state index is 12.5. The van der Waals surface area contributed by atoms with Crippen LogP contribution in [0.25, 0.3) is 0 Å². The first-order valence-electron chi connectivity index (χ1n) is 16.8. The van der Waals surface area contributed by atoms with Crippen molar-refractivity contribution < 1.29 is 19.5 Å². The minimum absolute atomic E-state index is 0.0111. The molecule has 0 aliphatic heterocycles. The van der Waals surface area contributed by atoms with E-state index in [1.54, 1.807) is 0 Å². The molecule has 3 N–H and O–H groups in total. The summed E-state index contributed by atoms with van der Waals surface area (Å²) in [5.74, 6) is 10.3. The molecule has 0 unspecified atom stereocenters. The third kappa shape index (κ3) is 22.4. The molecule has 0 fully saturated rings. The molecule has 45 heavy (non-hydrogen) atoms. The Morgan fingerprint density at radius 1 is 0.822 bits per heavy atom. The number of unbranched alkanes of at least 4 members (excludes halogenated alkanes) is 16. The zero-order valence-corrected chi connectivity index (χ0v) is 27.3. The Kier molecular flexibility index (Phi) is 23.2. The lowest BCUT2D eigenvalue weighted by molar-refractivity contribution is -0.144. The summed E-state index contributed by atoms with van der Waals surface area (Å²) in [6.45, 7) is 1.36. The Balaban J connectivity index is 2.04. The number of carboxylic acids is 1. The summed E-state index contributed by atoms with van der Waals surface area (Å²) in [6.07, 6.45) is 22.7. The fourth-order valence-electron chi connectivity index (χ4n) is 4.81. The number of amides is 2. The molecule has 0 spiro atoms. The van der Waals surface area contributed by atoms with Gasteiger partial charge in [-0.3, -0.25) is 28.7 Å². The molecule has 250 valence electrons. The van der Waals surface area contributed by atoms with Gasteiger partial charge in [0.25, 0.3) is 5.56 Å². The van der Waals surface area contributed by atoms with Crippen molar-refractivity contribution in [3.8, 4) is 23.7 Å². The van der Waals surface area contributed by atoms with Crippen LogP contribution in [0.3, 0.4) is 0 Å². The van der Waals surface area contributed by atoms with Crippen molar-refractivity contribution in [2.75, 3.05) is 19.6 Å². The van der Waals surface area contributed by atoms with Crippen molar-refractivity contribution in [1.29, 1.82) is 0 Å². The second-order valence-electron chi connectivity index (χ2n) is 11.5. The predicted molar refractivity (Wildman–Crippen MR) is 177 cm³/mol. The summed E-state index contributed by atoms with van der Waals surface area (Å²) in [5.41, 5.74) is -1.35. The number of carbonyl (C=O) groups excluding carboxylic acids is 2. The highest BCUT2D eigenvalue weighted by molar-refractivity contribution is 5.81. The van der Waals surface area contributed by atoms with Crippen LogP contribution in [-0.2, 0) is 20.9 Å². The van der Waals surface area contributed by atoms with Gasteiger partial charge in [0.05, 0.1) is 0 Å². The van der Waals surface area contributed by atoms with E-state index in [9.17, 15) is 24.0 Å². The van der Waals surface area contributed by atoms with Crippen LogP contribution in [0.5, 0.6) is 0 Å². The molecule has 2 amide bonds. The molecular formula is C35H54N4O6. The number of aliphatic carboxylic acids is 1. The molecule has 1 heterocycles. The van der Waals surface area contributed by atoms with Gasteiger partial charge >= 0.3 is 11.7 Å². The number of carbonyl (C=O) groups is 3. The van der Waals surface area contributed by atoms with Gasteiger partial charge in [-0.15, -0.1) is 0 Å². The van der Waals surface area contributed by atoms with Gasteiger partial charge < -0.3 is 15.3 Å². The van der Waals surface area contributed by atoms with Gasteiger partial charge in [0, 0.05) is 44.6 Å². The van der Waals surface area contributed by atoms with Crippen LogP contribution in [-0.4, -0.2) is 57.0 Å². The summed E-state index contributed by atoms with van der Waals surface area (Å²) in [6, 6.07) is 1.10. The van der Waals surface area contributed by atoms with Crippen molar-refractivity contribution in [2.24, 2.45) is 0 Å². The summed E-state index contributed by atoms with van der Waals surface area (Å²) in [5, 5.41) is 11.8. The van der Waals surface area contributed by atoms with Gasteiger partial charge in [0.1, 0.15) is 13.1 Å². The Labute approximate surface area is 268 Å². The Morgan fingerprint density at radius 3 is 1.89 bits per heavy atom. The van der Waals surface area contributed by atoms with E-state index in [0.717, 1.165) is 66.9 Å². The molecule has 0 atom stereocenters. The third-order valence-corrected chi connectivity index (χ3v) is 7.44. The molecule has 0 radical (unpaired) electrons. The normalized spacial score (nSPS) is 10.3. The lowest BCUT2D eigenvalue weighted by Crippen LogP contribution is -2.44. The minimum atomic E-state index is -1.21. The van der Waals surface area contributed by atoms with E-state index in [2.05, 4.69) is 35.9 Å². The molecule has 0 bridgehead atoms. The number of aromatic nitrogens is 2. The van der Waals surface area contributed by atoms with Crippen molar-refractivity contribution in [1.82, 2.24) is 19.8 Å². The largest absolute Gasteiger partial charge is 0.480 e. The van der Waals surface area contributed by atoms with E-state index < -0.39 is 36.2 Å². The van der Waals surface area contributed by atoms with Gasteiger partial charge in [-0.05, 0) is 31.1 Å². The molecule has 0 aliphatic rings. The average Bonchev–Trinajstić information content (AvgIpc) is 3.00. The Morgan fingerprint density at radius 2 is 1.36 bits per heavy atom. The van der Waals surface area contributed by atoms with E-state index in [-0.39, 0.29) is 19.0 Å². The molecule has 0 aromatic carbocycles. The van der Waals surface area contributed by atoms with Crippen LogP contribution < -0.4 is 16.6 Å².